The van der Waals surface area contributed by atoms with Crippen molar-refractivity contribution in [2.75, 3.05) is 6.54 Å². The van der Waals surface area contributed by atoms with Crippen LogP contribution >= 0.6 is 0 Å². The van der Waals surface area contributed by atoms with Gasteiger partial charge in [-0.1, -0.05) is 59.7 Å². The molecule has 150 valence electrons. The molecule has 1 fully saturated rings. The number of amides is 1. The number of nitrogens with zero attached hydrogens (tertiary/aromatic N) is 1. The first-order chi connectivity index (χ1) is 13.8. The summed E-state index contributed by atoms with van der Waals surface area (Å²) in [5.74, 6) is -2.68. The molecule has 2 aromatic rings. The molecule has 0 spiro atoms. The number of hydrogen-bond donors (Lipinski definition) is 2. The Morgan fingerprint density at radius 2 is 1.48 bits per heavy atom. The van der Waals surface area contributed by atoms with Crippen molar-refractivity contribution in [3.05, 3.63) is 76.4 Å². The van der Waals surface area contributed by atoms with Gasteiger partial charge in [0, 0.05) is 18.5 Å². The number of benzene rings is 2. The van der Waals surface area contributed by atoms with E-state index in [-0.39, 0.29) is 30.7 Å². The molecule has 0 aromatic heterocycles. The van der Waals surface area contributed by atoms with E-state index in [9.17, 15) is 19.5 Å². The van der Waals surface area contributed by atoms with Gasteiger partial charge in [-0.3, -0.25) is 14.4 Å². The van der Waals surface area contributed by atoms with Gasteiger partial charge in [0.1, 0.15) is 5.76 Å². The molecule has 6 nitrogen and oxygen atoms in total. The highest BCUT2D eigenvalue weighted by molar-refractivity contribution is 6.46. The lowest BCUT2D eigenvalue weighted by Crippen LogP contribution is -2.31. The summed E-state index contributed by atoms with van der Waals surface area (Å²) < 4.78 is 0. The molecule has 1 atom stereocenters. The van der Waals surface area contributed by atoms with Gasteiger partial charge in [0.2, 0.25) is 0 Å². The van der Waals surface area contributed by atoms with E-state index in [0.29, 0.717) is 11.1 Å². The van der Waals surface area contributed by atoms with Gasteiger partial charge in [-0.25, -0.2) is 0 Å². The topological polar surface area (TPSA) is 94.9 Å². The van der Waals surface area contributed by atoms with Gasteiger partial charge < -0.3 is 15.1 Å². The fourth-order valence-corrected chi connectivity index (χ4v) is 3.47. The van der Waals surface area contributed by atoms with Crippen LogP contribution in [0.4, 0.5) is 0 Å². The first-order valence-electron chi connectivity index (χ1n) is 9.43. The zero-order valence-electron chi connectivity index (χ0n) is 16.4. The van der Waals surface area contributed by atoms with Crippen molar-refractivity contribution in [1.29, 1.82) is 0 Å². The molecule has 0 saturated carbocycles. The van der Waals surface area contributed by atoms with Crippen LogP contribution in [0.25, 0.3) is 5.76 Å². The van der Waals surface area contributed by atoms with Crippen LogP contribution in [0.2, 0.25) is 0 Å². The Bertz CT molecular complexity index is 973. The van der Waals surface area contributed by atoms with Gasteiger partial charge in [0.15, 0.2) is 0 Å². The number of aliphatic carboxylic acids is 1. The maximum Gasteiger partial charge on any atom is 0.303 e. The van der Waals surface area contributed by atoms with Crippen LogP contribution in [-0.4, -0.2) is 39.3 Å². The minimum absolute atomic E-state index is 0.0260. The van der Waals surface area contributed by atoms with E-state index in [1.807, 2.05) is 50.2 Å². The van der Waals surface area contributed by atoms with Gasteiger partial charge in [0.05, 0.1) is 11.6 Å². The molecule has 0 unspecified atom stereocenters. The van der Waals surface area contributed by atoms with Gasteiger partial charge in [0.25, 0.3) is 11.7 Å². The van der Waals surface area contributed by atoms with E-state index in [1.165, 1.54) is 4.90 Å². The van der Waals surface area contributed by atoms with Gasteiger partial charge in [-0.05, 0) is 25.8 Å². The van der Waals surface area contributed by atoms with Crippen molar-refractivity contribution in [2.45, 2.75) is 32.7 Å². The number of rotatable bonds is 6. The third kappa shape index (κ3) is 4.21. The maximum absolute atomic E-state index is 12.8. The highest BCUT2D eigenvalue weighted by atomic mass is 16.4. The molecule has 1 saturated heterocycles. The third-order valence-electron chi connectivity index (χ3n) is 5.05. The first kappa shape index (κ1) is 20.3. The van der Waals surface area contributed by atoms with Crippen LogP contribution in [0.5, 0.6) is 0 Å². The summed E-state index contributed by atoms with van der Waals surface area (Å²) in [5, 5.41) is 19.8. The molecular weight excluding hydrogens is 370 g/mol. The first-order valence-corrected chi connectivity index (χ1v) is 9.43. The van der Waals surface area contributed by atoms with Crippen molar-refractivity contribution in [3.63, 3.8) is 0 Å². The predicted octanol–water partition coefficient (Wildman–Crippen LogP) is 3.59. The van der Waals surface area contributed by atoms with Crippen molar-refractivity contribution in [3.8, 4) is 0 Å². The molecule has 1 aliphatic rings. The number of ketones is 1. The number of likely N-dealkylation sites (tertiary alicyclic amines) is 1. The standard InChI is InChI=1S/C23H23NO5/c1-14-5-9-16(10-6-14)20-19(21(27)17-11-7-15(2)8-12-17)22(28)23(29)24(20)13-3-4-18(25)26/h5-12,20,27H,3-4,13H2,1-2H3,(H,25,26)/t20-/m1/s1. The Morgan fingerprint density at radius 3 is 2.03 bits per heavy atom. The smallest absolute Gasteiger partial charge is 0.303 e. The van der Waals surface area contributed by atoms with Crippen molar-refractivity contribution >= 4 is 23.4 Å². The summed E-state index contributed by atoms with van der Waals surface area (Å²) in [4.78, 5) is 37.8. The van der Waals surface area contributed by atoms with E-state index in [4.69, 9.17) is 5.11 Å². The minimum Gasteiger partial charge on any atom is -0.507 e. The Hall–Kier alpha value is -3.41. The Morgan fingerprint density at radius 1 is 0.931 bits per heavy atom. The highest BCUT2D eigenvalue weighted by Crippen LogP contribution is 2.39. The van der Waals surface area contributed by atoms with Crippen LogP contribution < -0.4 is 0 Å². The van der Waals surface area contributed by atoms with E-state index in [0.717, 1.165) is 11.1 Å². The summed E-state index contributed by atoms with van der Waals surface area (Å²) in [6.07, 6.45) is 0.108. The van der Waals surface area contributed by atoms with Crippen molar-refractivity contribution < 1.29 is 24.6 Å². The fourth-order valence-electron chi connectivity index (χ4n) is 3.47. The number of aliphatic hydroxyl groups is 1. The van der Waals surface area contributed by atoms with Crippen LogP contribution in [0.15, 0.2) is 54.1 Å². The lowest BCUT2D eigenvalue weighted by Gasteiger charge is -2.25. The molecule has 6 heteroatoms. The molecule has 2 aromatic carbocycles. The molecule has 1 amide bonds. The van der Waals surface area contributed by atoms with Crippen LogP contribution in [0, 0.1) is 13.8 Å². The molecular formula is C23H23NO5. The highest BCUT2D eigenvalue weighted by Gasteiger charge is 2.45. The van der Waals surface area contributed by atoms with Crippen LogP contribution in [0.3, 0.4) is 0 Å². The minimum atomic E-state index is -0.965. The largest absolute Gasteiger partial charge is 0.507 e. The number of aryl methyl sites for hydroxylation is 2. The zero-order chi connectivity index (χ0) is 21.1. The number of carboxylic acids is 1. The molecule has 1 heterocycles. The summed E-state index contributed by atoms with van der Waals surface area (Å²) >= 11 is 0. The van der Waals surface area contributed by atoms with Gasteiger partial charge >= 0.3 is 5.97 Å². The second kappa shape index (κ2) is 8.31. The maximum atomic E-state index is 12.8. The number of aliphatic hydroxyl groups excluding tert-OH is 1. The van der Waals surface area contributed by atoms with E-state index in [1.54, 1.807) is 12.1 Å². The Labute approximate surface area is 169 Å². The molecule has 0 radical (unpaired) electrons. The van der Waals surface area contributed by atoms with Crippen LogP contribution in [0.1, 0.15) is 41.1 Å². The quantitative estimate of drug-likeness (QED) is 0.444. The molecule has 3 rings (SSSR count). The Balaban J connectivity index is 2.08. The molecule has 2 N–H and O–H groups in total. The second-order valence-corrected chi connectivity index (χ2v) is 7.27. The number of hydrogen-bond acceptors (Lipinski definition) is 4. The predicted molar refractivity (Wildman–Crippen MR) is 108 cm³/mol. The molecule has 29 heavy (non-hydrogen) atoms. The average Bonchev–Trinajstić information content (AvgIpc) is 2.93. The monoisotopic (exact) mass is 393 g/mol. The fraction of sp³-hybridized carbons (Fsp3) is 0.261. The summed E-state index contributed by atoms with van der Waals surface area (Å²) in [6, 6.07) is 13.7. The van der Waals surface area contributed by atoms with Gasteiger partial charge in [-0.2, -0.15) is 0 Å². The molecule has 0 aliphatic carbocycles. The number of carboxylic acid groups (broad SMARTS) is 1. The van der Waals surface area contributed by atoms with Gasteiger partial charge in [-0.15, -0.1) is 0 Å². The van der Waals surface area contributed by atoms with Crippen molar-refractivity contribution in [2.24, 2.45) is 0 Å². The number of carbonyl (C=O) groups is 3. The van der Waals surface area contributed by atoms with E-state index < -0.39 is 23.7 Å². The van der Waals surface area contributed by atoms with Crippen LogP contribution in [-0.2, 0) is 14.4 Å². The van der Waals surface area contributed by atoms with E-state index in [2.05, 4.69) is 0 Å². The van der Waals surface area contributed by atoms with Crippen molar-refractivity contribution in [1.82, 2.24) is 4.90 Å². The SMILES string of the molecule is Cc1ccc(C(O)=C2C(=O)C(=O)N(CCCC(=O)O)[C@@H]2c2ccc(C)cc2)cc1. The number of carbonyl (C=O) groups excluding carboxylic acids is 2. The average molecular weight is 393 g/mol. The summed E-state index contributed by atoms with van der Waals surface area (Å²) in [7, 11) is 0. The summed E-state index contributed by atoms with van der Waals surface area (Å²) in [6.45, 7) is 3.96. The molecule has 0 bridgehead atoms. The lowest BCUT2D eigenvalue weighted by molar-refractivity contribution is -0.140. The second-order valence-electron chi connectivity index (χ2n) is 7.27. The number of Topliss-reactive ketones (excluding diaryl/α,β-unsaturated/α-hetero) is 1. The normalized spacial score (nSPS) is 18.3. The van der Waals surface area contributed by atoms with E-state index >= 15 is 0 Å². The summed E-state index contributed by atoms with van der Waals surface area (Å²) in [5.41, 5.74) is 3.20. The third-order valence-corrected chi connectivity index (χ3v) is 5.05. The Kier molecular flexibility index (Phi) is 5.82. The lowest BCUT2D eigenvalue weighted by atomic mass is 9.94. The molecule has 1 aliphatic heterocycles. The zero-order valence-corrected chi connectivity index (χ0v) is 16.4.